The standard InChI is InChI=1S/C30H54O2Si/c1-12-13-14-15-16-17-19-25(6)31-29(28(23(2)3)24(4)5)26-20-18-21-27(22-26)32-33(10,11)30(7,8)9/h18,20-25H,12-17,19H2,1-11H3. The number of allylic oxidation sites excluding steroid dienone is 1. The van der Waals surface area contributed by atoms with Gasteiger partial charge in [0.05, 0.1) is 6.10 Å². The maximum absolute atomic E-state index is 6.74. The van der Waals surface area contributed by atoms with E-state index in [0.717, 1.165) is 23.5 Å². The molecule has 0 N–H and O–H groups in total. The average Bonchev–Trinajstić information content (AvgIpc) is 2.68. The fourth-order valence-corrected chi connectivity index (χ4v) is 5.14. The van der Waals surface area contributed by atoms with Crippen molar-refractivity contribution < 1.29 is 9.16 Å². The molecule has 0 aliphatic rings. The number of hydrogen-bond acceptors (Lipinski definition) is 2. The molecule has 0 heterocycles. The first-order chi connectivity index (χ1) is 15.3. The van der Waals surface area contributed by atoms with Crippen LogP contribution in [0.3, 0.4) is 0 Å². The average molecular weight is 475 g/mol. The molecule has 0 radical (unpaired) electrons. The van der Waals surface area contributed by atoms with Gasteiger partial charge in [0.1, 0.15) is 11.5 Å². The third kappa shape index (κ3) is 9.89. The van der Waals surface area contributed by atoms with Crippen molar-refractivity contribution in [3.05, 3.63) is 35.4 Å². The molecule has 0 fully saturated rings. The van der Waals surface area contributed by atoms with E-state index in [4.69, 9.17) is 9.16 Å². The predicted octanol–water partition coefficient (Wildman–Crippen LogP) is 10.2. The lowest BCUT2D eigenvalue weighted by Gasteiger charge is -2.36. The third-order valence-electron chi connectivity index (χ3n) is 7.06. The summed E-state index contributed by atoms with van der Waals surface area (Å²) in [4.78, 5) is 0. The predicted molar refractivity (Wildman–Crippen MR) is 149 cm³/mol. The molecule has 1 unspecified atom stereocenters. The third-order valence-corrected chi connectivity index (χ3v) is 11.4. The van der Waals surface area contributed by atoms with E-state index < -0.39 is 8.32 Å². The monoisotopic (exact) mass is 474 g/mol. The summed E-state index contributed by atoms with van der Waals surface area (Å²) >= 11 is 0. The minimum absolute atomic E-state index is 0.171. The van der Waals surface area contributed by atoms with Crippen molar-refractivity contribution in [2.75, 3.05) is 0 Å². The van der Waals surface area contributed by atoms with E-state index in [-0.39, 0.29) is 11.1 Å². The first-order valence-electron chi connectivity index (χ1n) is 13.5. The minimum atomic E-state index is -1.89. The van der Waals surface area contributed by atoms with Crippen LogP contribution in [0.15, 0.2) is 29.8 Å². The summed E-state index contributed by atoms with van der Waals surface area (Å²) in [7, 11) is -1.89. The fraction of sp³-hybridized carbons (Fsp3) is 0.733. The van der Waals surface area contributed by atoms with Crippen LogP contribution in [0.4, 0.5) is 0 Å². The van der Waals surface area contributed by atoms with E-state index in [1.54, 1.807) is 0 Å². The topological polar surface area (TPSA) is 18.5 Å². The van der Waals surface area contributed by atoms with Crippen LogP contribution in [-0.2, 0) is 4.74 Å². The number of ether oxygens (including phenoxy) is 1. The Bertz CT molecular complexity index is 715. The highest BCUT2D eigenvalue weighted by molar-refractivity contribution is 6.74. The molecule has 0 saturated heterocycles. The van der Waals surface area contributed by atoms with Crippen molar-refractivity contribution >= 4 is 14.1 Å². The summed E-state index contributed by atoms with van der Waals surface area (Å²) in [5.41, 5.74) is 2.55. The molecule has 1 aromatic rings. The number of benzene rings is 1. The van der Waals surface area contributed by atoms with Crippen molar-refractivity contribution in [1.82, 2.24) is 0 Å². The highest BCUT2D eigenvalue weighted by Crippen LogP contribution is 2.39. The van der Waals surface area contributed by atoms with Crippen LogP contribution in [0.5, 0.6) is 5.75 Å². The Morgan fingerprint density at radius 3 is 2.00 bits per heavy atom. The first-order valence-corrected chi connectivity index (χ1v) is 16.4. The van der Waals surface area contributed by atoms with Crippen LogP contribution >= 0.6 is 0 Å². The van der Waals surface area contributed by atoms with Gasteiger partial charge in [0, 0.05) is 5.56 Å². The molecule has 1 atom stereocenters. The molecule has 1 rings (SSSR count). The largest absolute Gasteiger partial charge is 0.543 e. The molecule has 0 aliphatic heterocycles. The lowest BCUT2D eigenvalue weighted by Crippen LogP contribution is -2.43. The van der Waals surface area contributed by atoms with E-state index >= 15 is 0 Å². The van der Waals surface area contributed by atoms with Crippen molar-refractivity contribution in [1.29, 1.82) is 0 Å². The summed E-state index contributed by atoms with van der Waals surface area (Å²) in [5, 5.41) is 0.171. The summed E-state index contributed by atoms with van der Waals surface area (Å²) in [6.07, 6.45) is 9.25. The van der Waals surface area contributed by atoms with Gasteiger partial charge in [0.15, 0.2) is 0 Å². The van der Waals surface area contributed by atoms with Gasteiger partial charge in [0.25, 0.3) is 0 Å². The second-order valence-electron chi connectivity index (χ2n) is 12.0. The highest BCUT2D eigenvalue weighted by Gasteiger charge is 2.39. The van der Waals surface area contributed by atoms with Gasteiger partial charge in [-0.05, 0) is 67.4 Å². The van der Waals surface area contributed by atoms with Crippen LogP contribution in [0.25, 0.3) is 5.76 Å². The maximum Gasteiger partial charge on any atom is 0.250 e. The van der Waals surface area contributed by atoms with Crippen molar-refractivity contribution in [2.45, 2.75) is 131 Å². The Morgan fingerprint density at radius 2 is 1.45 bits per heavy atom. The molecule has 190 valence electrons. The van der Waals surface area contributed by atoms with Gasteiger partial charge in [-0.1, -0.05) is 99.6 Å². The Hall–Kier alpha value is -1.22. The lowest BCUT2D eigenvalue weighted by molar-refractivity contribution is 0.167. The highest BCUT2D eigenvalue weighted by atomic mass is 28.4. The summed E-state index contributed by atoms with van der Waals surface area (Å²) < 4.78 is 13.4. The van der Waals surface area contributed by atoms with Crippen LogP contribution in [0, 0.1) is 11.8 Å². The van der Waals surface area contributed by atoms with E-state index in [1.807, 2.05) is 0 Å². The summed E-state index contributed by atoms with van der Waals surface area (Å²) in [6, 6.07) is 8.62. The van der Waals surface area contributed by atoms with Crippen molar-refractivity contribution in [2.24, 2.45) is 11.8 Å². The van der Waals surface area contributed by atoms with Crippen LogP contribution in [0.1, 0.15) is 113 Å². The molecular weight excluding hydrogens is 420 g/mol. The Kier molecular flexibility index (Phi) is 12.3. The zero-order valence-corrected chi connectivity index (χ0v) is 24.8. The summed E-state index contributed by atoms with van der Waals surface area (Å²) in [6.45, 7) is 25.1. The van der Waals surface area contributed by atoms with Gasteiger partial charge in [0.2, 0.25) is 8.32 Å². The van der Waals surface area contributed by atoms with Gasteiger partial charge in [-0.2, -0.15) is 0 Å². The Morgan fingerprint density at radius 1 is 0.879 bits per heavy atom. The normalized spacial score (nSPS) is 13.4. The molecule has 0 bridgehead atoms. The van der Waals surface area contributed by atoms with Gasteiger partial charge in [-0.3, -0.25) is 0 Å². The number of hydrogen-bond donors (Lipinski definition) is 0. The zero-order valence-electron chi connectivity index (χ0n) is 23.8. The van der Waals surface area contributed by atoms with Gasteiger partial charge < -0.3 is 9.16 Å². The van der Waals surface area contributed by atoms with Crippen LogP contribution < -0.4 is 4.43 Å². The smallest absolute Gasteiger partial charge is 0.250 e. The molecule has 1 aromatic carbocycles. The molecule has 2 nitrogen and oxygen atoms in total. The van der Waals surface area contributed by atoms with Crippen LogP contribution in [0.2, 0.25) is 18.1 Å². The van der Waals surface area contributed by atoms with Crippen molar-refractivity contribution in [3.8, 4) is 5.75 Å². The molecule has 0 saturated carbocycles. The molecular formula is C30H54O2Si. The van der Waals surface area contributed by atoms with E-state index in [0.29, 0.717) is 11.8 Å². The second kappa shape index (κ2) is 13.6. The zero-order chi connectivity index (χ0) is 25.2. The Labute approximate surface area is 207 Å². The Balaban J connectivity index is 3.14. The second-order valence-corrected chi connectivity index (χ2v) is 16.7. The minimum Gasteiger partial charge on any atom is -0.543 e. The van der Waals surface area contributed by atoms with E-state index in [9.17, 15) is 0 Å². The number of rotatable bonds is 14. The SMILES string of the molecule is CCCCCCCCC(C)OC(=C(C(C)C)C(C)C)c1cccc(O[Si](C)(C)C(C)(C)C)c1. The lowest BCUT2D eigenvalue weighted by atomic mass is 9.89. The fourth-order valence-electron chi connectivity index (χ4n) is 4.11. The molecule has 0 aliphatic carbocycles. The molecule has 33 heavy (non-hydrogen) atoms. The van der Waals surface area contributed by atoms with Gasteiger partial charge in [-0.15, -0.1) is 0 Å². The molecule has 0 spiro atoms. The molecule has 0 aromatic heterocycles. The molecule has 0 amide bonds. The van der Waals surface area contributed by atoms with Gasteiger partial charge >= 0.3 is 0 Å². The van der Waals surface area contributed by atoms with Gasteiger partial charge in [-0.25, -0.2) is 0 Å². The molecule has 3 heteroatoms. The maximum atomic E-state index is 6.74. The summed E-state index contributed by atoms with van der Waals surface area (Å²) in [5.74, 6) is 2.91. The number of unbranched alkanes of at least 4 members (excludes halogenated alkanes) is 5. The quantitative estimate of drug-likeness (QED) is 0.152. The van der Waals surface area contributed by atoms with E-state index in [2.05, 4.69) is 99.7 Å². The van der Waals surface area contributed by atoms with E-state index in [1.165, 1.54) is 44.1 Å². The first kappa shape index (κ1) is 29.8. The van der Waals surface area contributed by atoms with Crippen molar-refractivity contribution in [3.63, 3.8) is 0 Å². The van der Waals surface area contributed by atoms with Crippen LogP contribution in [-0.4, -0.2) is 14.4 Å².